The molecule has 0 unspecified atom stereocenters. The van der Waals surface area contributed by atoms with Crippen LogP contribution in [0.1, 0.15) is 12.8 Å². The average molecular weight is 496 g/mol. The molecule has 4 rings (SSSR count). The van der Waals surface area contributed by atoms with Gasteiger partial charge in [-0.15, -0.1) is 0 Å². The zero-order valence-corrected chi connectivity index (χ0v) is 18.8. The molecule has 0 atom stereocenters. The van der Waals surface area contributed by atoms with Crippen molar-refractivity contribution in [1.29, 1.82) is 0 Å². The highest BCUT2D eigenvalue weighted by atomic mass is 32.2. The molecule has 9 nitrogen and oxygen atoms in total. The van der Waals surface area contributed by atoms with E-state index in [0.29, 0.717) is 24.7 Å². The van der Waals surface area contributed by atoms with Crippen LogP contribution in [0.15, 0.2) is 41.3 Å². The summed E-state index contributed by atoms with van der Waals surface area (Å²) < 4.78 is 69.3. The summed E-state index contributed by atoms with van der Waals surface area (Å²) in [5, 5.41) is 2.31. The lowest BCUT2D eigenvalue weighted by atomic mass is 9.98. The Kier molecular flexibility index (Phi) is 6.98. The monoisotopic (exact) mass is 496 g/mol. The van der Waals surface area contributed by atoms with Crippen molar-refractivity contribution >= 4 is 27.6 Å². The predicted octanol–water partition coefficient (Wildman–Crippen LogP) is 2.32. The van der Waals surface area contributed by atoms with E-state index in [1.807, 2.05) is 0 Å². The standard InChI is InChI=1S/C22H22F2N2O7S/c23-17-3-1-15(11-18(17)24)25-21(27)13-33-22(28)14-5-7-26(8-6-14)34(29,30)16-2-4-19-20(12-16)32-10-9-31-19/h1-4,11-12,14H,5-10,13H2,(H,25,27). The van der Waals surface area contributed by atoms with Crippen LogP contribution in [0.5, 0.6) is 11.5 Å². The van der Waals surface area contributed by atoms with Gasteiger partial charge in [-0.05, 0) is 37.1 Å². The molecule has 0 aliphatic carbocycles. The normalized spacial score (nSPS) is 16.6. The van der Waals surface area contributed by atoms with Gasteiger partial charge in [0.1, 0.15) is 13.2 Å². The lowest BCUT2D eigenvalue weighted by Crippen LogP contribution is -2.41. The first-order chi connectivity index (χ1) is 16.2. The molecule has 2 heterocycles. The van der Waals surface area contributed by atoms with Gasteiger partial charge in [-0.3, -0.25) is 9.59 Å². The molecule has 1 N–H and O–H groups in total. The van der Waals surface area contributed by atoms with E-state index in [2.05, 4.69) is 5.32 Å². The number of hydrogen-bond acceptors (Lipinski definition) is 7. The van der Waals surface area contributed by atoms with Gasteiger partial charge in [0.15, 0.2) is 29.7 Å². The van der Waals surface area contributed by atoms with Crippen LogP contribution in [-0.2, 0) is 24.3 Å². The summed E-state index contributed by atoms with van der Waals surface area (Å²) >= 11 is 0. The average Bonchev–Trinajstić information content (AvgIpc) is 2.84. The Morgan fingerprint density at radius 1 is 1.00 bits per heavy atom. The molecule has 2 aromatic rings. The van der Waals surface area contributed by atoms with E-state index in [4.69, 9.17) is 14.2 Å². The Labute approximate surface area is 194 Å². The molecular formula is C22H22F2N2O7S. The SMILES string of the molecule is O=C(COC(=O)C1CCN(S(=O)(=O)c2ccc3c(c2)OCCO3)CC1)Nc1ccc(F)c(F)c1. The summed E-state index contributed by atoms with van der Waals surface area (Å²) in [5.74, 6) is -3.22. The van der Waals surface area contributed by atoms with E-state index in [0.717, 1.165) is 12.1 Å². The van der Waals surface area contributed by atoms with Crippen molar-refractivity contribution in [3.05, 3.63) is 48.0 Å². The summed E-state index contributed by atoms with van der Waals surface area (Å²) in [5.41, 5.74) is 0.0256. The molecule has 0 aromatic heterocycles. The lowest BCUT2D eigenvalue weighted by Gasteiger charge is -2.30. The third-order valence-corrected chi connectivity index (χ3v) is 7.38. The maximum absolute atomic E-state index is 13.2. The number of rotatable bonds is 6. The fourth-order valence-electron chi connectivity index (χ4n) is 3.69. The number of piperidine rings is 1. The van der Waals surface area contributed by atoms with Crippen molar-refractivity contribution in [2.75, 3.05) is 38.2 Å². The number of sulfonamides is 1. The molecule has 2 aliphatic rings. The van der Waals surface area contributed by atoms with Crippen LogP contribution >= 0.6 is 0 Å². The number of carbonyl (C=O) groups is 2. The number of benzene rings is 2. The number of nitrogens with one attached hydrogen (secondary N) is 1. The minimum atomic E-state index is -3.79. The van der Waals surface area contributed by atoms with Gasteiger partial charge in [0.05, 0.1) is 10.8 Å². The zero-order valence-electron chi connectivity index (χ0n) is 18.0. The topological polar surface area (TPSA) is 111 Å². The number of amides is 1. The molecule has 1 amide bonds. The molecule has 182 valence electrons. The predicted molar refractivity (Wildman–Crippen MR) is 115 cm³/mol. The number of halogens is 2. The minimum Gasteiger partial charge on any atom is -0.486 e. The molecule has 0 bridgehead atoms. The van der Waals surface area contributed by atoms with Crippen LogP contribution in [-0.4, -0.2) is 57.5 Å². The molecular weight excluding hydrogens is 474 g/mol. The first kappa shape index (κ1) is 23.9. The van der Waals surface area contributed by atoms with E-state index < -0.39 is 46.1 Å². The molecule has 0 saturated carbocycles. The lowest BCUT2D eigenvalue weighted by molar-refractivity contribution is -0.152. The largest absolute Gasteiger partial charge is 0.486 e. The maximum Gasteiger partial charge on any atom is 0.309 e. The Morgan fingerprint density at radius 2 is 1.71 bits per heavy atom. The first-order valence-corrected chi connectivity index (χ1v) is 12.0. The second kappa shape index (κ2) is 9.94. The van der Waals surface area contributed by atoms with Crippen molar-refractivity contribution < 1.29 is 41.0 Å². The van der Waals surface area contributed by atoms with Crippen molar-refractivity contribution in [1.82, 2.24) is 4.31 Å². The number of ether oxygens (including phenoxy) is 3. The Morgan fingerprint density at radius 3 is 2.41 bits per heavy atom. The van der Waals surface area contributed by atoms with Crippen molar-refractivity contribution in [2.24, 2.45) is 5.92 Å². The Balaban J connectivity index is 1.27. The third-order valence-electron chi connectivity index (χ3n) is 5.49. The van der Waals surface area contributed by atoms with Crippen LogP contribution in [0.3, 0.4) is 0 Å². The van der Waals surface area contributed by atoms with Crippen molar-refractivity contribution in [3.8, 4) is 11.5 Å². The molecule has 0 radical (unpaired) electrons. The summed E-state index contributed by atoms with van der Waals surface area (Å²) in [6, 6.07) is 7.29. The summed E-state index contributed by atoms with van der Waals surface area (Å²) in [6.45, 7) is 0.348. The molecule has 2 aliphatic heterocycles. The van der Waals surface area contributed by atoms with Crippen LogP contribution in [0.25, 0.3) is 0 Å². The molecule has 1 saturated heterocycles. The number of fused-ring (bicyclic) bond motifs is 1. The highest BCUT2D eigenvalue weighted by molar-refractivity contribution is 7.89. The fourth-order valence-corrected chi connectivity index (χ4v) is 5.18. The van der Waals surface area contributed by atoms with E-state index in [1.165, 1.54) is 22.5 Å². The highest BCUT2D eigenvalue weighted by Gasteiger charge is 2.33. The highest BCUT2D eigenvalue weighted by Crippen LogP contribution is 2.34. The third kappa shape index (κ3) is 5.28. The number of nitrogens with zero attached hydrogens (tertiary/aromatic N) is 1. The number of carbonyl (C=O) groups excluding carboxylic acids is 2. The van der Waals surface area contributed by atoms with Crippen LogP contribution in [0.4, 0.5) is 14.5 Å². The quantitative estimate of drug-likeness (QED) is 0.611. The number of hydrogen-bond donors (Lipinski definition) is 1. The van der Waals surface area contributed by atoms with Crippen LogP contribution < -0.4 is 14.8 Å². The van der Waals surface area contributed by atoms with Gasteiger partial charge in [0.2, 0.25) is 10.0 Å². The van der Waals surface area contributed by atoms with Gasteiger partial charge in [-0.1, -0.05) is 0 Å². The fraction of sp³-hybridized carbons (Fsp3) is 0.364. The van der Waals surface area contributed by atoms with E-state index in [1.54, 1.807) is 6.07 Å². The van der Waals surface area contributed by atoms with Crippen molar-refractivity contribution in [3.63, 3.8) is 0 Å². The summed E-state index contributed by atoms with van der Waals surface area (Å²) in [7, 11) is -3.79. The minimum absolute atomic E-state index is 0.0256. The van der Waals surface area contributed by atoms with Gasteiger partial charge in [0.25, 0.3) is 5.91 Å². The zero-order chi connectivity index (χ0) is 24.3. The van der Waals surface area contributed by atoms with Crippen molar-refractivity contribution in [2.45, 2.75) is 17.7 Å². The summed E-state index contributed by atoms with van der Waals surface area (Å²) in [4.78, 5) is 24.3. The summed E-state index contributed by atoms with van der Waals surface area (Å²) in [6.07, 6.45) is 0.459. The van der Waals surface area contributed by atoms with Gasteiger partial charge >= 0.3 is 5.97 Å². The molecule has 12 heteroatoms. The Hall–Kier alpha value is -3.25. The number of anilines is 1. The van der Waals surface area contributed by atoms with E-state index >= 15 is 0 Å². The van der Waals surface area contributed by atoms with Gasteiger partial charge in [-0.25, -0.2) is 17.2 Å². The van der Waals surface area contributed by atoms with Crippen LogP contribution in [0, 0.1) is 17.6 Å². The molecule has 2 aromatic carbocycles. The smallest absolute Gasteiger partial charge is 0.309 e. The molecule has 34 heavy (non-hydrogen) atoms. The van der Waals surface area contributed by atoms with E-state index in [9.17, 15) is 26.8 Å². The molecule has 1 fully saturated rings. The van der Waals surface area contributed by atoms with Crippen LogP contribution in [0.2, 0.25) is 0 Å². The van der Waals surface area contributed by atoms with Gasteiger partial charge in [0, 0.05) is 30.9 Å². The van der Waals surface area contributed by atoms with Gasteiger partial charge < -0.3 is 19.5 Å². The maximum atomic E-state index is 13.2. The second-order valence-corrected chi connectivity index (χ2v) is 9.71. The Bertz CT molecular complexity index is 1200. The second-order valence-electron chi connectivity index (χ2n) is 7.77. The van der Waals surface area contributed by atoms with Gasteiger partial charge in [-0.2, -0.15) is 4.31 Å². The first-order valence-electron chi connectivity index (χ1n) is 10.6. The molecule has 0 spiro atoms. The number of esters is 1. The van der Waals surface area contributed by atoms with E-state index in [-0.39, 0.29) is 36.5 Å².